The average molecular weight is 474 g/mol. The lowest BCUT2D eigenvalue weighted by atomic mass is 9.79. The summed E-state index contributed by atoms with van der Waals surface area (Å²) >= 11 is 3.58. The van der Waals surface area contributed by atoms with E-state index in [1.165, 1.54) is 0 Å². The number of hydrogen-bond donors (Lipinski definition) is 0. The second-order valence-corrected chi connectivity index (χ2v) is 15.8. The van der Waals surface area contributed by atoms with Crippen molar-refractivity contribution in [2.75, 3.05) is 13.2 Å². The first-order valence-electron chi connectivity index (χ1n) is 9.78. The monoisotopic (exact) mass is 473 g/mol. The van der Waals surface area contributed by atoms with Crippen molar-refractivity contribution < 1.29 is 23.6 Å². The van der Waals surface area contributed by atoms with Gasteiger partial charge in [-0.2, -0.15) is 0 Å². The summed E-state index contributed by atoms with van der Waals surface area (Å²) in [7, 11) is -1.84. The van der Waals surface area contributed by atoms with Crippen molar-refractivity contribution in [3.63, 3.8) is 0 Å². The van der Waals surface area contributed by atoms with Crippen molar-refractivity contribution in [2.24, 2.45) is 0 Å². The summed E-state index contributed by atoms with van der Waals surface area (Å²) in [5, 5.41) is 0. The fourth-order valence-electron chi connectivity index (χ4n) is 2.79. The van der Waals surface area contributed by atoms with Gasteiger partial charge in [0.1, 0.15) is 12.4 Å². The molecule has 0 aromatic carbocycles. The zero-order chi connectivity index (χ0) is 21.3. The summed E-state index contributed by atoms with van der Waals surface area (Å²) in [6.07, 6.45) is 1.83. The number of nitrogens with zero attached hydrogens (tertiary/aromatic N) is 1. The van der Waals surface area contributed by atoms with Crippen LogP contribution < -0.4 is 5.46 Å². The predicted molar refractivity (Wildman–Crippen MR) is 118 cm³/mol. The van der Waals surface area contributed by atoms with Crippen molar-refractivity contribution in [1.29, 1.82) is 0 Å². The highest BCUT2D eigenvalue weighted by Gasteiger charge is 2.53. The highest BCUT2D eigenvalue weighted by atomic mass is 79.9. The Morgan fingerprint density at radius 3 is 2.29 bits per heavy atom. The van der Waals surface area contributed by atoms with Crippen molar-refractivity contribution in [3.05, 3.63) is 16.4 Å². The third-order valence-corrected chi connectivity index (χ3v) is 7.59. The number of aromatic nitrogens is 1. The van der Waals surface area contributed by atoms with Crippen molar-refractivity contribution >= 4 is 42.6 Å². The topological polar surface area (TPSA) is 58.9 Å². The van der Waals surface area contributed by atoms with Gasteiger partial charge in [0.25, 0.3) is 0 Å². The number of esters is 1. The molecule has 0 saturated carbocycles. The fraction of sp³-hybridized carbons (Fsp3) is 0.737. The Hall–Kier alpha value is -0.608. The summed E-state index contributed by atoms with van der Waals surface area (Å²) < 4.78 is 26.0. The second-order valence-electron chi connectivity index (χ2n) is 9.37. The van der Waals surface area contributed by atoms with E-state index in [2.05, 4.69) is 35.6 Å². The highest BCUT2D eigenvalue weighted by Crippen LogP contribution is 2.37. The van der Waals surface area contributed by atoms with Crippen LogP contribution in [-0.4, -0.2) is 50.1 Å². The van der Waals surface area contributed by atoms with Gasteiger partial charge in [-0.3, -0.25) is 0 Å². The highest BCUT2D eigenvalue weighted by molar-refractivity contribution is 9.10. The van der Waals surface area contributed by atoms with Gasteiger partial charge in [0.05, 0.1) is 17.8 Å². The van der Waals surface area contributed by atoms with E-state index in [-0.39, 0.29) is 6.73 Å². The zero-order valence-electron chi connectivity index (χ0n) is 18.3. The van der Waals surface area contributed by atoms with Gasteiger partial charge >= 0.3 is 13.1 Å². The molecule has 0 unspecified atom stereocenters. The summed E-state index contributed by atoms with van der Waals surface area (Å²) in [5.41, 5.74) is 0.0453. The Morgan fingerprint density at radius 2 is 1.79 bits per heavy atom. The Labute approximate surface area is 178 Å². The Kier molecular flexibility index (Phi) is 7.30. The Balaban J connectivity index is 2.30. The molecule has 158 valence electrons. The van der Waals surface area contributed by atoms with Gasteiger partial charge in [0.15, 0.2) is 0 Å². The van der Waals surface area contributed by atoms with Crippen LogP contribution in [0.15, 0.2) is 10.7 Å². The van der Waals surface area contributed by atoms with Crippen LogP contribution in [0.4, 0.5) is 0 Å². The normalized spacial score (nSPS) is 18.5. The van der Waals surface area contributed by atoms with E-state index in [9.17, 15) is 4.79 Å². The number of hydrogen-bond acceptors (Lipinski definition) is 5. The number of rotatable bonds is 8. The SMILES string of the molecule is CCOC(=O)c1c(B2OC(C)(C)C(C)(C)O2)c(Br)cn1COCC[Si](C)(C)C. The molecule has 1 aliphatic rings. The molecule has 1 fully saturated rings. The molecular formula is C19H33BBrNO5Si. The molecule has 2 rings (SSSR count). The molecule has 6 nitrogen and oxygen atoms in total. The number of carbonyl (C=O) groups is 1. The summed E-state index contributed by atoms with van der Waals surface area (Å²) in [5.74, 6) is -0.410. The van der Waals surface area contributed by atoms with Crippen LogP contribution in [0.2, 0.25) is 25.7 Å². The van der Waals surface area contributed by atoms with Gasteiger partial charge in [-0.1, -0.05) is 19.6 Å². The van der Waals surface area contributed by atoms with Gasteiger partial charge in [0.2, 0.25) is 0 Å². The number of carbonyl (C=O) groups excluding carboxylic acids is 1. The molecule has 0 bridgehead atoms. The molecule has 1 aromatic heterocycles. The lowest BCUT2D eigenvalue weighted by Gasteiger charge is -2.32. The maximum absolute atomic E-state index is 12.7. The van der Waals surface area contributed by atoms with Gasteiger partial charge < -0.3 is 23.3 Å². The minimum absolute atomic E-state index is 0.275. The lowest BCUT2D eigenvalue weighted by molar-refractivity contribution is 0.00578. The van der Waals surface area contributed by atoms with Crippen LogP contribution in [0.25, 0.3) is 0 Å². The van der Waals surface area contributed by atoms with E-state index in [0.717, 1.165) is 10.5 Å². The summed E-state index contributed by atoms with van der Waals surface area (Å²) in [4.78, 5) is 12.7. The molecule has 0 radical (unpaired) electrons. The van der Waals surface area contributed by atoms with Crippen molar-refractivity contribution in [2.45, 2.75) is 78.2 Å². The smallest absolute Gasteiger partial charge is 0.461 e. The molecule has 1 saturated heterocycles. The number of halogens is 1. The maximum Gasteiger partial charge on any atom is 0.498 e. The molecule has 1 aromatic rings. The first-order chi connectivity index (χ1) is 12.8. The largest absolute Gasteiger partial charge is 0.498 e. The van der Waals surface area contributed by atoms with Gasteiger partial charge in [0, 0.05) is 30.8 Å². The van der Waals surface area contributed by atoms with E-state index in [0.29, 0.717) is 24.4 Å². The van der Waals surface area contributed by atoms with E-state index in [1.807, 2.05) is 33.9 Å². The zero-order valence-corrected chi connectivity index (χ0v) is 20.9. The summed E-state index contributed by atoms with van der Waals surface area (Å²) in [6.45, 7) is 17.9. The van der Waals surface area contributed by atoms with Crippen molar-refractivity contribution in [3.8, 4) is 0 Å². The van der Waals surface area contributed by atoms with Crippen LogP contribution in [0.3, 0.4) is 0 Å². The van der Waals surface area contributed by atoms with Crippen LogP contribution >= 0.6 is 15.9 Å². The van der Waals surface area contributed by atoms with Crippen LogP contribution in [0, 0.1) is 0 Å². The quantitative estimate of drug-likeness (QED) is 0.324. The molecule has 0 amide bonds. The third-order valence-electron chi connectivity index (χ3n) is 5.25. The molecule has 28 heavy (non-hydrogen) atoms. The molecule has 9 heteroatoms. The Bertz CT molecular complexity index is 698. The third kappa shape index (κ3) is 5.30. The van der Waals surface area contributed by atoms with E-state index < -0.39 is 32.4 Å². The molecule has 0 aliphatic carbocycles. The van der Waals surface area contributed by atoms with E-state index in [1.54, 1.807) is 11.5 Å². The lowest BCUT2D eigenvalue weighted by Crippen LogP contribution is -2.41. The second kappa shape index (κ2) is 8.63. The summed E-state index contributed by atoms with van der Waals surface area (Å²) in [6, 6.07) is 1.06. The molecular weight excluding hydrogens is 441 g/mol. The van der Waals surface area contributed by atoms with Crippen LogP contribution in [0.1, 0.15) is 45.1 Å². The minimum Gasteiger partial charge on any atom is -0.461 e. The van der Waals surface area contributed by atoms with E-state index in [4.69, 9.17) is 18.8 Å². The molecule has 0 N–H and O–H groups in total. The van der Waals surface area contributed by atoms with Gasteiger partial charge in [-0.15, -0.1) is 0 Å². The maximum atomic E-state index is 12.7. The van der Waals surface area contributed by atoms with Gasteiger partial charge in [-0.05, 0) is 56.6 Å². The minimum atomic E-state index is -1.18. The van der Waals surface area contributed by atoms with Gasteiger partial charge in [-0.25, -0.2) is 4.79 Å². The molecule has 0 atom stereocenters. The predicted octanol–water partition coefficient (Wildman–Crippen LogP) is 4.04. The van der Waals surface area contributed by atoms with Crippen LogP contribution in [-0.2, 0) is 25.5 Å². The molecule has 1 aliphatic heterocycles. The van der Waals surface area contributed by atoms with E-state index >= 15 is 0 Å². The van der Waals surface area contributed by atoms with Crippen LogP contribution in [0.5, 0.6) is 0 Å². The Morgan fingerprint density at radius 1 is 1.21 bits per heavy atom. The average Bonchev–Trinajstić information content (AvgIpc) is 2.96. The first-order valence-corrected chi connectivity index (χ1v) is 14.3. The standard InChI is InChI=1S/C19H33BBrNO5Si/c1-9-25-17(23)16-15(20-26-18(2,3)19(4,5)27-20)14(21)12-22(16)13-24-10-11-28(6,7)8/h12H,9-11,13H2,1-8H3. The fourth-order valence-corrected chi connectivity index (χ4v) is 4.17. The molecule has 2 heterocycles. The first kappa shape index (κ1) is 23.7. The van der Waals surface area contributed by atoms with Crippen molar-refractivity contribution in [1.82, 2.24) is 4.57 Å². The molecule has 0 spiro atoms. The number of ether oxygens (including phenoxy) is 2.